The molecule has 1 aromatic rings. The van der Waals surface area contributed by atoms with Gasteiger partial charge in [0.2, 0.25) is 0 Å². The third-order valence-electron chi connectivity index (χ3n) is 2.40. The zero-order valence-corrected chi connectivity index (χ0v) is 9.09. The molecule has 0 radical (unpaired) electrons. The maximum absolute atomic E-state index is 3.71. The van der Waals surface area contributed by atoms with Gasteiger partial charge in [0.15, 0.2) is 0 Å². The Morgan fingerprint density at radius 2 is 2.00 bits per heavy atom. The fraction of sp³-hybridized carbons (Fsp3) is 0.385. The number of rotatable bonds is 5. The summed E-state index contributed by atoms with van der Waals surface area (Å²) in [6.45, 7) is 8.89. The maximum atomic E-state index is 3.71. The molecule has 0 saturated carbocycles. The SMILES string of the molecule is C=CCNC(CC)c1ccc(C)cc1. The fourth-order valence-corrected chi connectivity index (χ4v) is 1.52. The molecule has 1 aromatic carbocycles. The third kappa shape index (κ3) is 3.00. The van der Waals surface area contributed by atoms with Gasteiger partial charge in [-0.2, -0.15) is 0 Å². The molecule has 0 saturated heterocycles. The molecule has 0 aliphatic heterocycles. The summed E-state index contributed by atoms with van der Waals surface area (Å²) in [7, 11) is 0. The molecule has 0 spiro atoms. The van der Waals surface area contributed by atoms with E-state index in [0.717, 1.165) is 13.0 Å². The second kappa shape index (κ2) is 5.61. The molecule has 0 fully saturated rings. The van der Waals surface area contributed by atoms with Crippen molar-refractivity contribution in [1.82, 2.24) is 5.32 Å². The van der Waals surface area contributed by atoms with E-state index < -0.39 is 0 Å². The van der Waals surface area contributed by atoms with Gasteiger partial charge in [-0.05, 0) is 18.9 Å². The van der Waals surface area contributed by atoms with Crippen LogP contribution in [0, 0.1) is 6.92 Å². The molecule has 0 bridgehead atoms. The summed E-state index contributed by atoms with van der Waals surface area (Å²) in [6.07, 6.45) is 3.01. The number of aryl methyl sites for hydroxylation is 1. The molecule has 1 N–H and O–H groups in total. The molecule has 0 aromatic heterocycles. The lowest BCUT2D eigenvalue weighted by molar-refractivity contribution is 0.551. The van der Waals surface area contributed by atoms with Gasteiger partial charge in [0.05, 0.1) is 0 Å². The van der Waals surface area contributed by atoms with Crippen molar-refractivity contribution in [2.24, 2.45) is 0 Å². The molecule has 76 valence electrons. The van der Waals surface area contributed by atoms with E-state index >= 15 is 0 Å². The zero-order valence-electron chi connectivity index (χ0n) is 9.09. The minimum absolute atomic E-state index is 0.452. The van der Waals surface area contributed by atoms with Crippen molar-refractivity contribution in [3.05, 3.63) is 48.0 Å². The standard InChI is InChI=1S/C13H19N/c1-4-10-14-13(5-2)12-8-6-11(3)7-9-12/h4,6-9,13-14H,1,5,10H2,2-3H3. The van der Waals surface area contributed by atoms with E-state index in [1.807, 2.05) is 6.08 Å². The first kappa shape index (κ1) is 11.0. The first-order valence-corrected chi connectivity index (χ1v) is 5.18. The smallest absolute Gasteiger partial charge is 0.0320 e. The highest BCUT2D eigenvalue weighted by molar-refractivity contribution is 5.24. The van der Waals surface area contributed by atoms with E-state index in [-0.39, 0.29) is 0 Å². The van der Waals surface area contributed by atoms with Crippen molar-refractivity contribution in [3.8, 4) is 0 Å². The summed E-state index contributed by atoms with van der Waals surface area (Å²) in [5.74, 6) is 0. The molecule has 1 nitrogen and oxygen atoms in total. The summed E-state index contributed by atoms with van der Waals surface area (Å²) in [4.78, 5) is 0. The van der Waals surface area contributed by atoms with Crippen LogP contribution in [0.5, 0.6) is 0 Å². The average Bonchev–Trinajstić information content (AvgIpc) is 2.21. The van der Waals surface area contributed by atoms with Gasteiger partial charge in [0, 0.05) is 12.6 Å². The Hall–Kier alpha value is -1.08. The summed E-state index contributed by atoms with van der Waals surface area (Å²) in [6, 6.07) is 9.16. The Balaban J connectivity index is 2.68. The van der Waals surface area contributed by atoms with E-state index in [0.29, 0.717) is 6.04 Å². The van der Waals surface area contributed by atoms with E-state index in [2.05, 4.69) is 50.0 Å². The Labute approximate surface area is 86.8 Å². The van der Waals surface area contributed by atoms with E-state index in [4.69, 9.17) is 0 Å². The highest BCUT2D eigenvalue weighted by atomic mass is 14.9. The maximum Gasteiger partial charge on any atom is 0.0320 e. The van der Waals surface area contributed by atoms with Gasteiger partial charge < -0.3 is 5.32 Å². The van der Waals surface area contributed by atoms with Crippen LogP contribution in [0.15, 0.2) is 36.9 Å². The quantitative estimate of drug-likeness (QED) is 0.701. The lowest BCUT2D eigenvalue weighted by Gasteiger charge is -2.16. The second-order valence-electron chi connectivity index (χ2n) is 3.57. The van der Waals surface area contributed by atoms with Gasteiger partial charge in [-0.25, -0.2) is 0 Å². The Bertz CT molecular complexity index is 274. The van der Waals surface area contributed by atoms with Gasteiger partial charge in [0.1, 0.15) is 0 Å². The van der Waals surface area contributed by atoms with Crippen molar-refractivity contribution < 1.29 is 0 Å². The van der Waals surface area contributed by atoms with Crippen LogP contribution in [0.3, 0.4) is 0 Å². The van der Waals surface area contributed by atoms with Crippen LogP contribution in [-0.2, 0) is 0 Å². The topological polar surface area (TPSA) is 12.0 Å². The van der Waals surface area contributed by atoms with Crippen LogP contribution < -0.4 is 5.32 Å². The second-order valence-corrected chi connectivity index (χ2v) is 3.57. The predicted molar refractivity (Wildman–Crippen MR) is 62.4 cm³/mol. The number of hydrogen-bond acceptors (Lipinski definition) is 1. The Morgan fingerprint density at radius 3 is 2.50 bits per heavy atom. The van der Waals surface area contributed by atoms with Crippen molar-refractivity contribution >= 4 is 0 Å². The molecule has 0 aliphatic carbocycles. The highest BCUT2D eigenvalue weighted by Crippen LogP contribution is 2.16. The minimum atomic E-state index is 0.452. The first-order chi connectivity index (χ1) is 6.77. The predicted octanol–water partition coefficient (Wildman–Crippen LogP) is 3.22. The molecular weight excluding hydrogens is 170 g/mol. The highest BCUT2D eigenvalue weighted by Gasteiger charge is 2.06. The lowest BCUT2D eigenvalue weighted by atomic mass is 10.0. The summed E-state index contributed by atoms with van der Waals surface area (Å²) in [5.41, 5.74) is 2.67. The van der Waals surface area contributed by atoms with Crippen LogP contribution in [0.25, 0.3) is 0 Å². The van der Waals surface area contributed by atoms with Gasteiger partial charge in [-0.15, -0.1) is 6.58 Å². The van der Waals surface area contributed by atoms with Crippen molar-refractivity contribution in [3.63, 3.8) is 0 Å². The van der Waals surface area contributed by atoms with Gasteiger partial charge in [-0.3, -0.25) is 0 Å². The summed E-state index contributed by atoms with van der Waals surface area (Å²) in [5, 5.41) is 3.44. The van der Waals surface area contributed by atoms with E-state index in [1.54, 1.807) is 0 Å². The monoisotopic (exact) mass is 189 g/mol. The lowest BCUT2D eigenvalue weighted by Crippen LogP contribution is -2.20. The average molecular weight is 189 g/mol. The van der Waals surface area contributed by atoms with Crippen LogP contribution in [-0.4, -0.2) is 6.54 Å². The first-order valence-electron chi connectivity index (χ1n) is 5.18. The van der Waals surface area contributed by atoms with Crippen molar-refractivity contribution in [2.45, 2.75) is 26.3 Å². The Morgan fingerprint density at radius 1 is 1.36 bits per heavy atom. The van der Waals surface area contributed by atoms with E-state index in [1.165, 1.54) is 11.1 Å². The zero-order chi connectivity index (χ0) is 10.4. The van der Waals surface area contributed by atoms with Crippen molar-refractivity contribution in [2.75, 3.05) is 6.54 Å². The van der Waals surface area contributed by atoms with Gasteiger partial charge >= 0.3 is 0 Å². The van der Waals surface area contributed by atoms with Gasteiger partial charge in [0.25, 0.3) is 0 Å². The molecule has 1 atom stereocenters. The van der Waals surface area contributed by atoms with E-state index in [9.17, 15) is 0 Å². The number of nitrogens with one attached hydrogen (secondary N) is 1. The third-order valence-corrected chi connectivity index (χ3v) is 2.40. The van der Waals surface area contributed by atoms with Crippen LogP contribution in [0.2, 0.25) is 0 Å². The fourth-order valence-electron chi connectivity index (χ4n) is 1.52. The molecule has 0 aliphatic rings. The number of benzene rings is 1. The van der Waals surface area contributed by atoms with Crippen LogP contribution in [0.1, 0.15) is 30.5 Å². The molecule has 0 amide bonds. The van der Waals surface area contributed by atoms with Crippen LogP contribution >= 0.6 is 0 Å². The molecule has 0 heterocycles. The molecule has 1 unspecified atom stereocenters. The molecule has 1 heteroatoms. The van der Waals surface area contributed by atoms with Crippen LogP contribution in [0.4, 0.5) is 0 Å². The van der Waals surface area contributed by atoms with Gasteiger partial charge in [-0.1, -0.05) is 42.8 Å². The van der Waals surface area contributed by atoms with Crippen molar-refractivity contribution in [1.29, 1.82) is 0 Å². The number of hydrogen-bond donors (Lipinski definition) is 1. The largest absolute Gasteiger partial charge is 0.306 e. The summed E-state index contributed by atoms with van der Waals surface area (Å²) >= 11 is 0. The molecular formula is C13H19N. The Kier molecular flexibility index (Phi) is 4.41. The summed E-state index contributed by atoms with van der Waals surface area (Å²) < 4.78 is 0. The normalized spacial score (nSPS) is 12.4. The molecule has 1 rings (SSSR count). The minimum Gasteiger partial charge on any atom is -0.306 e. The molecule has 14 heavy (non-hydrogen) atoms.